The zero-order valence-electron chi connectivity index (χ0n) is 5.83. The van der Waals surface area contributed by atoms with Gasteiger partial charge in [-0.25, -0.2) is 8.42 Å². The lowest BCUT2D eigenvalue weighted by molar-refractivity contribution is -0.117. The maximum Gasteiger partial charge on any atom is 0.150 e. The third-order valence-electron chi connectivity index (χ3n) is 1.81. The Labute approximate surface area is 60.3 Å². The van der Waals surface area contributed by atoms with Crippen LogP contribution in [0.1, 0.15) is 19.3 Å². The minimum Gasteiger partial charge on any atom is -0.300 e. The molecule has 1 fully saturated rings. The highest BCUT2D eigenvalue weighted by Crippen LogP contribution is 2.20. The maximum atomic E-state index is 10.8. The maximum absolute atomic E-state index is 10.8. The van der Waals surface area contributed by atoms with Gasteiger partial charge in [-0.2, -0.15) is 0 Å². The molecule has 0 aromatic rings. The van der Waals surface area contributed by atoms with Gasteiger partial charge in [-0.05, 0) is 6.42 Å². The number of carbonyl (C=O) groups excluding carboxylic acids is 1. The van der Waals surface area contributed by atoms with E-state index in [1.807, 2.05) is 0 Å². The first-order valence-electron chi connectivity index (χ1n) is 3.21. The number of sulfone groups is 1. The summed E-state index contributed by atoms with van der Waals surface area (Å²) in [4.78, 5) is 10.6. The molecule has 1 aliphatic carbocycles. The summed E-state index contributed by atoms with van der Waals surface area (Å²) in [7, 11) is -2.96. The molecule has 1 rings (SSSR count). The average molecular weight is 162 g/mol. The van der Waals surface area contributed by atoms with Crippen LogP contribution in [0.25, 0.3) is 0 Å². The lowest BCUT2D eigenvalue weighted by Crippen LogP contribution is -2.15. The highest BCUT2D eigenvalue weighted by Gasteiger charge is 2.29. The van der Waals surface area contributed by atoms with Crippen molar-refractivity contribution in [2.45, 2.75) is 24.5 Å². The molecule has 1 atom stereocenters. The number of ketones is 1. The molecule has 0 radical (unpaired) electrons. The third kappa shape index (κ3) is 1.56. The van der Waals surface area contributed by atoms with Crippen LogP contribution in [0.3, 0.4) is 0 Å². The minimum atomic E-state index is -2.96. The van der Waals surface area contributed by atoms with E-state index in [4.69, 9.17) is 0 Å². The topological polar surface area (TPSA) is 51.2 Å². The Kier molecular flexibility index (Phi) is 1.81. The molecule has 0 bridgehead atoms. The molecule has 1 unspecified atom stereocenters. The average Bonchev–Trinajstić information content (AvgIpc) is 2.11. The zero-order valence-corrected chi connectivity index (χ0v) is 6.65. The van der Waals surface area contributed by atoms with Crippen molar-refractivity contribution in [3.05, 3.63) is 0 Å². The quantitative estimate of drug-likeness (QED) is 0.551. The van der Waals surface area contributed by atoms with Crippen LogP contribution in [0.4, 0.5) is 0 Å². The van der Waals surface area contributed by atoms with Crippen molar-refractivity contribution in [3.63, 3.8) is 0 Å². The van der Waals surface area contributed by atoms with Crippen LogP contribution in [0.5, 0.6) is 0 Å². The summed E-state index contributed by atoms with van der Waals surface area (Å²) in [6.07, 6.45) is 2.39. The van der Waals surface area contributed by atoms with Gasteiger partial charge in [0, 0.05) is 19.1 Å². The van der Waals surface area contributed by atoms with Crippen LogP contribution < -0.4 is 0 Å². The van der Waals surface area contributed by atoms with Gasteiger partial charge in [0.2, 0.25) is 0 Å². The Balaban J connectivity index is 2.71. The van der Waals surface area contributed by atoms with Gasteiger partial charge in [0.15, 0.2) is 9.84 Å². The first kappa shape index (κ1) is 7.72. The Morgan fingerprint density at radius 1 is 1.50 bits per heavy atom. The van der Waals surface area contributed by atoms with E-state index in [2.05, 4.69) is 0 Å². The molecule has 0 heterocycles. The van der Waals surface area contributed by atoms with Crippen molar-refractivity contribution >= 4 is 15.6 Å². The Morgan fingerprint density at radius 2 is 2.10 bits per heavy atom. The normalized spacial score (nSPS) is 27.3. The summed E-state index contributed by atoms with van der Waals surface area (Å²) >= 11 is 0. The van der Waals surface area contributed by atoms with Crippen LogP contribution in [-0.4, -0.2) is 25.7 Å². The van der Waals surface area contributed by atoms with Gasteiger partial charge < -0.3 is 0 Å². The molecular formula is C6H10O3S. The number of hydrogen-bond donors (Lipinski definition) is 0. The Hall–Kier alpha value is -0.380. The van der Waals surface area contributed by atoms with Crippen LogP contribution in [0.2, 0.25) is 0 Å². The van der Waals surface area contributed by atoms with Crippen molar-refractivity contribution in [2.75, 3.05) is 6.26 Å². The van der Waals surface area contributed by atoms with E-state index >= 15 is 0 Å². The molecule has 3 nitrogen and oxygen atoms in total. The molecule has 58 valence electrons. The standard InChI is InChI=1S/C6H10O3S/c1-10(8,9)6-3-2-5(7)4-6/h6H,2-4H2,1H3. The molecule has 0 aromatic heterocycles. The van der Waals surface area contributed by atoms with Crippen molar-refractivity contribution < 1.29 is 13.2 Å². The fourth-order valence-electron chi connectivity index (χ4n) is 1.15. The smallest absolute Gasteiger partial charge is 0.150 e. The SMILES string of the molecule is CS(=O)(=O)C1CCC(=O)C1. The van der Waals surface area contributed by atoms with Crippen molar-refractivity contribution in [3.8, 4) is 0 Å². The molecule has 0 saturated heterocycles. The predicted molar refractivity (Wildman–Crippen MR) is 37.5 cm³/mol. The van der Waals surface area contributed by atoms with Crippen LogP contribution >= 0.6 is 0 Å². The van der Waals surface area contributed by atoms with Gasteiger partial charge in [0.25, 0.3) is 0 Å². The van der Waals surface area contributed by atoms with E-state index in [-0.39, 0.29) is 17.5 Å². The molecule has 0 amide bonds. The number of carbonyl (C=O) groups is 1. The number of rotatable bonds is 1. The second kappa shape index (κ2) is 2.34. The second-order valence-electron chi connectivity index (χ2n) is 2.73. The molecule has 4 heteroatoms. The van der Waals surface area contributed by atoms with Crippen LogP contribution in [0.15, 0.2) is 0 Å². The second-order valence-corrected chi connectivity index (χ2v) is 5.06. The van der Waals surface area contributed by atoms with E-state index < -0.39 is 9.84 Å². The van der Waals surface area contributed by atoms with Crippen molar-refractivity contribution in [1.82, 2.24) is 0 Å². The predicted octanol–water partition coefficient (Wildman–Crippen LogP) is 0.153. The van der Waals surface area contributed by atoms with E-state index in [0.717, 1.165) is 0 Å². The molecular weight excluding hydrogens is 152 g/mol. The van der Waals surface area contributed by atoms with Gasteiger partial charge in [-0.3, -0.25) is 4.79 Å². The van der Waals surface area contributed by atoms with Crippen molar-refractivity contribution in [2.24, 2.45) is 0 Å². The molecule has 0 aromatic carbocycles. The van der Waals surface area contributed by atoms with Gasteiger partial charge >= 0.3 is 0 Å². The molecule has 0 N–H and O–H groups in total. The number of hydrogen-bond acceptors (Lipinski definition) is 3. The lowest BCUT2D eigenvalue weighted by atomic mass is 10.4. The summed E-state index contributed by atoms with van der Waals surface area (Å²) in [5.41, 5.74) is 0. The largest absolute Gasteiger partial charge is 0.300 e. The van der Waals surface area contributed by atoms with E-state index in [0.29, 0.717) is 12.8 Å². The fourth-order valence-corrected chi connectivity index (χ4v) is 2.18. The summed E-state index contributed by atoms with van der Waals surface area (Å²) < 4.78 is 21.7. The Bertz CT molecular complexity index is 240. The monoisotopic (exact) mass is 162 g/mol. The summed E-state index contributed by atoms with van der Waals surface area (Å²) in [6.45, 7) is 0. The fraction of sp³-hybridized carbons (Fsp3) is 0.833. The highest BCUT2D eigenvalue weighted by atomic mass is 32.2. The lowest BCUT2D eigenvalue weighted by Gasteiger charge is -2.02. The van der Waals surface area contributed by atoms with Crippen molar-refractivity contribution in [1.29, 1.82) is 0 Å². The first-order valence-corrected chi connectivity index (χ1v) is 5.16. The van der Waals surface area contributed by atoms with Crippen LogP contribution in [0, 0.1) is 0 Å². The summed E-state index contributed by atoms with van der Waals surface area (Å²) in [5.74, 6) is 0.0791. The van der Waals surface area contributed by atoms with E-state index in [1.165, 1.54) is 6.26 Å². The van der Waals surface area contributed by atoms with Crippen LogP contribution in [-0.2, 0) is 14.6 Å². The van der Waals surface area contributed by atoms with Gasteiger partial charge in [0.1, 0.15) is 5.78 Å². The molecule has 10 heavy (non-hydrogen) atoms. The summed E-state index contributed by atoms with van der Waals surface area (Å²) in [5, 5.41) is -0.389. The molecule has 1 saturated carbocycles. The van der Waals surface area contributed by atoms with E-state index in [1.54, 1.807) is 0 Å². The minimum absolute atomic E-state index is 0.0791. The van der Waals surface area contributed by atoms with E-state index in [9.17, 15) is 13.2 Å². The number of Topliss-reactive ketones (excluding diaryl/α,β-unsaturated/α-hetero) is 1. The molecule has 0 spiro atoms. The molecule has 1 aliphatic rings. The molecule has 0 aliphatic heterocycles. The van der Waals surface area contributed by atoms with Gasteiger partial charge in [-0.1, -0.05) is 0 Å². The zero-order chi connectivity index (χ0) is 7.78. The van der Waals surface area contributed by atoms with Gasteiger partial charge in [0.05, 0.1) is 5.25 Å². The van der Waals surface area contributed by atoms with Gasteiger partial charge in [-0.15, -0.1) is 0 Å². The third-order valence-corrected chi connectivity index (χ3v) is 3.42. The highest BCUT2D eigenvalue weighted by molar-refractivity contribution is 7.91. The first-order chi connectivity index (χ1) is 4.50. The summed E-state index contributed by atoms with van der Waals surface area (Å²) in [6, 6.07) is 0. The Morgan fingerprint density at radius 3 is 2.30 bits per heavy atom.